The molecule has 0 amide bonds. The molecule has 0 aromatic carbocycles. The minimum atomic E-state index is -0.833. The van der Waals surface area contributed by atoms with Crippen LogP contribution in [-0.4, -0.2) is 11.1 Å². The first-order valence-corrected chi connectivity index (χ1v) is 3.49. The van der Waals surface area contributed by atoms with Crippen LogP contribution in [-0.2, 0) is 4.79 Å². The van der Waals surface area contributed by atoms with Gasteiger partial charge in [0.2, 0.25) is 0 Å². The monoisotopic (exact) mass is 144 g/mol. The van der Waals surface area contributed by atoms with E-state index in [2.05, 4.69) is 26.0 Å². The quantitative estimate of drug-likeness (QED) is 0.604. The van der Waals surface area contributed by atoms with E-state index in [-0.39, 0.29) is 0 Å². The van der Waals surface area contributed by atoms with Gasteiger partial charge in [0, 0.05) is 6.92 Å². The number of hydrogen-bond donors (Lipinski definition) is 1. The van der Waals surface area contributed by atoms with Gasteiger partial charge >= 0.3 is 0 Å². The SMILES string of the molecule is CC(=O)O.CC/C=C\CC. The number of aliphatic carboxylic acids is 1. The molecule has 0 radical (unpaired) electrons. The van der Waals surface area contributed by atoms with Crippen molar-refractivity contribution >= 4 is 5.97 Å². The topological polar surface area (TPSA) is 37.3 Å². The standard InChI is InChI=1S/C6H12.C2H4O2/c1-3-5-6-4-2;1-2(3)4/h5-6H,3-4H2,1-2H3;1H3,(H,3,4)/b6-5-;. The van der Waals surface area contributed by atoms with Gasteiger partial charge in [-0.3, -0.25) is 4.79 Å². The highest BCUT2D eigenvalue weighted by Gasteiger charge is 1.65. The van der Waals surface area contributed by atoms with Crippen molar-refractivity contribution in [2.45, 2.75) is 33.6 Å². The van der Waals surface area contributed by atoms with Crippen molar-refractivity contribution in [3.63, 3.8) is 0 Å². The number of allylic oxidation sites excluding steroid dienone is 2. The molecule has 0 spiro atoms. The van der Waals surface area contributed by atoms with Gasteiger partial charge in [0.25, 0.3) is 5.97 Å². The van der Waals surface area contributed by atoms with Gasteiger partial charge in [0.05, 0.1) is 0 Å². The molecule has 10 heavy (non-hydrogen) atoms. The predicted octanol–water partition coefficient (Wildman–Crippen LogP) is 2.45. The summed E-state index contributed by atoms with van der Waals surface area (Å²) >= 11 is 0. The summed E-state index contributed by atoms with van der Waals surface area (Å²) in [6.45, 7) is 5.37. The molecule has 0 fully saturated rings. The molecule has 0 aliphatic rings. The van der Waals surface area contributed by atoms with E-state index < -0.39 is 5.97 Å². The Kier molecular flexibility index (Phi) is 13.2. The molecular weight excluding hydrogens is 128 g/mol. The van der Waals surface area contributed by atoms with Crippen molar-refractivity contribution in [3.05, 3.63) is 12.2 Å². The first kappa shape index (κ1) is 11.9. The summed E-state index contributed by atoms with van der Waals surface area (Å²) in [5.41, 5.74) is 0. The fourth-order valence-electron chi connectivity index (χ4n) is 0.333. The number of carboxylic acid groups (broad SMARTS) is 1. The summed E-state index contributed by atoms with van der Waals surface area (Å²) < 4.78 is 0. The summed E-state index contributed by atoms with van der Waals surface area (Å²) in [6.07, 6.45) is 6.71. The predicted molar refractivity (Wildman–Crippen MR) is 43.0 cm³/mol. The molecular formula is C8H16O2. The first-order valence-electron chi connectivity index (χ1n) is 3.49. The average molecular weight is 144 g/mol. The molecule has 60 valence electrons. The summed E-state index contributed by atoms with van der Waals surface area (Å²) in [5, 5.41) is 7.42. The van der Waals surface area contributed by atoms with Gasteiger partial charge in [-0.1, -0.05) is 26.0 Å². The zero-order valence-corrected chi connectivity index (χ0v) is 6.92. The third-order valence-electron chi connectivity index (χ3n) is 0.638. The molecule has 0 saturated carbocycles. The first-order chi connectivity index (χ1) is 4.65. The Morgan fingerprint density at radius 3 is 1.60 bits per heavy atom. The van der Waals surface area contributed by atoms with E-state index in [1.807, 2.05) is 0 Å². The molecule has 0 heterocycles. The van der Waals surface area contributed by atoms with Crippen LogP contribution in [0.4, 0.5) is 0 Å². The molecule has 0 aliphatic heterocycles. The van der Waals surface area contributed by atoms with Crippen LogP contribution >= 0.6 is 0 Å². The maximum Gasteiger partial charge on any atom is 0.300 e. The fraction of sp³-hybridized carbons (Fsp3) is 0.625. The second-order valence-corrected chi connectivity index (χ2v) is 1.81. The summed E-state index contributed by atoms with van der Waals surface area (Å²) in [5.74, 6) is -0.833. The van der Waals surface area contributed by atoms with Crippen LogP contribution in [0, 0.1) is 0 Å². The molecule has 0 unspecified atom stereocenters. The van der Waals surface area contributed by atoms with Gasteiger partial charge in [-0.2, -0.15) is 0 Å². The van der Waals surface area contributed by atoms with Crippen LogP contribution in [0.25, 0.3) is 0 Å². The minimum absolute atomic E-state index is 0.833. The minimum Gasteiger partial charge on any atom is -0.481 e. The zero-order chi connectivity index (χ0) is 8.41. The lowest BCUT2D eigenvalue weighted by atomic mass is 10.4. The van der Waals surface area contributed by atoms with Gasteiger partial charge in [-0.25, -0.2) is 0 Å². The Morgan fingerprint density at radius 1 is 1.30 bits per heavy atom. The lowest BCUT2D eigenvalue weighted by Gasteiger charge is -1.72. The van der Waals surface area contributed by atoms with Gasteiger partial charge in [-0.15, -0.1) is 0 Å². The molecule has 0 aromatic rings. The second kappa shape index (κ2) is 11.1. The number of carbonyl (C=O) groups is 1. The normalized spacial score (nSPS) is 8.70. The maximum absolute atomic E-state index is 9.00. The second-order valence-electron chi connectivity index (χ2n) is 1.81. The van der Waals surface area contributed by atoms with Gasteiger partial charge in [-0.05, 0) is 12.8 Å². The number of carboxylic acids is 1. The lowest BCUT2D eigenvalue weighted by molar-refractivity contribution is -0.134. The van der Waals surface area contributed by atoms with E-state index in [0.29, 0.717) is 0 Å². The maximum atomic E-state index is 9.00. The van der Waals surface area contributed by atoms with E-state index in [1.54, 1.807) is 0 Å². The van der Waals surface area contributed by atoms with Crippen molar-refractivity contribution in [2.24, 2.45) is 0 Å². The van der Waals surface area contributed by atoms with Gasteiger partial charge in [0.15, 0.2) is 0 Å². The molecule has 0 aromatic heterocycles. The largest absolute Gasteiger partial charge is 0.481 e. The van der Waals surface area contributed by atoms with E-state index in [1.165, 1.54) is 12.8 Å². The highest BCUT2D eigenvalue weighted by atomic mass is 16.4. The smallest absolute Gasteiger partial charge is 0.300 e. The summed E-state index contributed by atoms with van der Waals surface area (Å²) in [4.78, 5) is 9.00. The lowest BCUT2D eigenvalue weighted by Crippen LogP contribution is -1.78. The number of hydrogen-bond acceptors (Lipinski definition) is 1. The molecule has 0 bridgehead atoms. The molecule has 0 saturated heterocycles. The van der Waals surface area contributed by atoms with Gasteiger partial charge < -0.3 is 5.11 Å². The third-order valence-corrected chi connectivity index (χ3v) is 0.638. The molecule has 2 heteroatoms. The Morgan fingerprint density at radius 2 is 1.50 bits per heavy atom. The Balaban J connectivity index is 0. The van der Waals surface area contributed by atoms with Crippen molar-refractivity contribution in [1.29, 1.82) is 0 Å². The van der Waals surface area contributed by atoms with Crippen LogP contribution in [0.15, 0.2) is 12.2 Å². The average Bonchev–Trinajstić information content (AvgIpc) is 1.82. The molecule has 2 nitrogen and oxygen atoms in total. The Hall–Kier alpha value is -0.790. The molecule has 0 aliphatic carbocycles. The number of rotatable bonds is 2. The molecule has 1 N–H and O–H groups in total. The van der Waals surface area contributed by atoms with E-state index in [0.717, 1.165) is 6.92 Å². The van der Waals surface area contributed by atoms with Crippen LogP contribution in [0.5, 0.6) is 0 Å². The van der Waals surface area contributed by atoms with E-state index in [4.69, 9.17) is 9.90 Å². The van der Waals surface area contributed by atoms with Crippen molar-refractivity contribution in [3.8, 4) is 0 Å². The van der Waals surface area contributed by atoms with Crippen molar-refractivity contribution in [1.82, 2.24) is 0 Å². The zero-order valence-electron chi connectivity index (χ0n) is 6.92. The van der Waals surface area contributed by atoms with Crippen LogP contribution in [0.2, 0.25) is 0 Å². The molecule has 0 atom stereocenters. The van der Waals surface area contributed by atoms with Crippen LogP contribution in [0.3, 0.4) is 0 Å². The van der Waals surface area contributed by atoms with Crippen LogP contribution in [0.1, 0.15) is 33.6 Å². The third kappa shape index (κ3) is 56.9. The van der Waals surface area contributed by atoms with Gasteiger partial charge in [0.1, 0.15) is 0 Å². The Labute approximate surface area is 62.6 Å². The Bertz CT molecular complexity index is 85.4. The van der Waals surface area contributed by atoms with E-state index >= 15 is 0 Å². The van der Waals surface area contributed by atoms with Crippen molar-refractivity contribution < 1.29 is 9.90 Å². The van der Waals surface area contributed by atoms with Crippen molar-refractivity contribution in [2.75, 3.05) is 0 Å². The van der Waals surface area contributed by atoms with E-state index in [9.17, 15) is 0 Å². The summed E-state index contributed by atoms with van der Waals surface area (Å²) in [6, 6.07) is 0. The fourth-order valence-corrected chi connectivity index (χ4v) is 0.333. The highest BCUT2D eigenvalue weighted by molar-refractivity contribution is 5.62. The summed E-state index contributed by atoms with van der Waals surface area (Å²) in [7, 11) is 0. The highest BCUT2D eigenvalue weighted by Crippen LogP contribution is 1.81. The molecule has 0 rings (SSSR count). The van der Waals surface area contributed by atoms with Crippen LogP contribution < -0.4 is 0 Å².